The fourth-order valence-electron chi connectivity index (χ4n) is 1.68. The minimum atomic E-state index is 0.308. The highest BCUT2D eigenvalue weighted by molar-refractivity contribution is 4.75. The largest absolute Gasteiger partial charge is 0.396 e. The van der Waals surface area contributed by atoms with Gasteiger partial charge in [0.05, 0.1) is 6.61 Å². The van der Waals surface area contributed by atoms with Crippen molar-refractivity contribution in [1.82, 2.24) is 5.32 Å². The molecule has 1 saturated heterocycles. The maximum Gasteiger partial charge on any atom is 0.0509 e. The number of unbranched alkanes of at least 4 members (excludes halogenated alkanes) is 1. The zero-order valence-corrected chi connectivity index (χ0v) is 8.46. The maximum atomic E-state index is 8.60. The van der Waals surface area contributed by atoms with Gasteiger partial charge in [0.1, 0.15) is 0 Å². The Labute approximate surface area is 80.5 Å². The van der Waals surface area contributed by atoms with E-state index in [9.17, 15) is 0 Å². The molecule has 0 spiro atoms. The highest BCUT2D eigenvalue weighted by Crippen LogP contribution is 2.16. The van der Waals surface area contributed by atoms with E-state index in [0.717, 1.165) is 32.6 Å². The molecule has 0 saturated carbocycles. The molecule has 2 unspecified atom stereocenters. The minimum absolute atomic E-state index is 0.308. The third-order valence-electron chi connectivity index (χ3n) is 2.72. The summed E-state index contributed by atoms with van der Waals surface area (Å²) in [7, 11) is 0. The van der Waals surface area contributed by atoms with E-state index in [0.29, 0.717) is 18.6 Å². The van der Waals surface area contributed by atoms with Crippen molar-refractivity contribution in [2.75, 3.05) is 26.4 Å². The van der Waals surface area contributed by atoms with Crippen molar-refractivity contribution < 1.29 is 9.84 Å². The van der Waals surface area contributed by atoms with E-state index in [1.165, 1.54) is 6.42 Å². The van der Waals surface area contributed by atoms with Crippen LogP contribution in [-0.2, 0) is 4.74 Å². The van der Waals surface area contributed by atoms with E-state index < -0.39 is 0 Å². The monoisotopic (exact) mass is 187 g/mol. The SMILES string of the molecule is CC(NCCCCO)C1CCOC1. The topological polar surface area (TPSA) is 41.5 Å². The number of ether oxygens (including phenoxy) is 1. The molecule has 0 bridgehead atoms. The van der Waals surface area contributed by atoms with Gasteiger partial charge in [-0.15, -0.1) is 0 Å². The fourth-order valence-corrected chi connectivity index (χ4v) is 1.68. The summed E-state index contributed by atoms with van der Waals surface area (Å²) in [5.41, 5.74) is 0. The summed E-state index contributed by atoms with van der Waals surface area (Å²) in [6.45, 7) is 5.38. The highest BCUT2D eigenvalue weighted by atomic mass is 16.5. The van der Waals surface area contributed by atoms with E-state index in [4.69, 9.17) is 9.84 Å². The Balaban J connectivity index is 1.99. The second-order valence-corrected chi connectivity index (χ2v) is 3.80. The molecule has 1 heterocycles. The summed E-state index contributed by atoms with van der Waals surface area (Å²) < 4.78 is 5.33. The van der Waals surface area contributed by atoms with Gasteiger partial charge in [0, 0.05) is 19.3 Å². The van der Waals surface area contributed by atoms with Gasteiger partial charge in [-0.1, -0.05) is 0 Å². The Morgan fingerprint density at radius 1 is 1.54 bits per heavy atom. The summed E-state index contributed by atoms with van der Waals surface area (Å²) in [6.07, 6.45) is 3.16. The minimum Gasteiger partial charge on any atom is -0.396 e. The molecule has 0 radical (unpaired) electrons. The number of nitrogens with one attached hydrogen (secondary N) is 1. The zero-order chi connectivity index (χ0) is 9.52. The zero-order valence-electron chi connectivity index (χ0n) is 8.46. The molecule has 13 heavy (non-hydrogen) atoms. The summed E-state index contributed by atoms with van der Waals surface area (Å²) >= 11 is 0. The lowest BCUT2D eigenvalue weighted by Crippen LogP contribution is -2.34. The van der Waals surface area contributed by atoms with Gasteiger partial charge >= 0.3 is 0 Å². The van der Waals surface area contributed by atoms with Crippen LogP contribution in [0.25, 0.3) is 0 Å². The van der Waals surface area contributed by atoms with Gasteiger partial charge in [-0.05, 0) is 38.6 Å². The van der Waals surface area contributed by atoms with Gasteiger partial charge in [-0.2, -0.15) is 0 Å². The van der Waals surface area contributed by atoms with Crippen molar-refractivity contribution in [3.8, 4) is 0 Å². The normalized spacial score (nSPS) is 24.9. The molecule has 2 atom stereocenters. The first-order chi connectivity index (χ1) is 6.34. The molecule has 3 nitrogen and oxygen atoms in total. The maximum absolute atomic E-state index is 8.60. The van der Waals surface area contributed by atoms with Gasteiger partial charge < -0.3 is 15.2 Å². The molecule has 0 aromatic carbocycles. The van der Waals surface area contributed by atoms with E-state index in [-0.39, 0.29) is 0 Å². The van der Waals surface area contributed by atoms with Crippen LogP contribution in [0, 0.1) is 5.92 Å². The molecule has 1 aliphatic heterocycles. The van der Waals surface area contributed by atoms with Crippen LogP contribution in [0.4, 0.5) is 0 Å². The van der Waals surface area contributed by atoms with Crippen LogP contribution in [0.1, 0.15) is 26.2 Å². The Morgan fingerprint density at radius 3 is 3.00 bits per heavy atom. The van der Waals surface area contributed by atoms with E-state index in [1.54, 1.807) is 0 Å². The number of rotatable bonds is 6. The molecule has 0 aliphatic carbocycles. The van der Waals surface area contributed by atoms with Crippen molar-refractivity contribution in [3.05, 3.63) is 0 Å². The molecule has 1 fully saturated rings. The molecule has 1 aliphatic rings. The molecular weight excluding hydrogens is 166 g/mol. The Hall–Kier alpha value is -0.120. The lowest BCUT2D eigenvalue weighted by Gasteiger charge is -2.18. The van der Waals surface area contributed by atoms with Crippen LogP contribution in [-0.4, -0.2) is 37.5 Å². The molecule has 1 rings (SSSR count). The highest BCUT2D eigenvalue weighted by Gasteiger charge is 2.21. The summed E-state index contributed by atoms with van der Waals surface area (Å²) in [5.74, 6) is 0.689. The number of aliphatic hydroxyl groups excluding tert-OH is 1. The lowest BCUT2D eigenvalue weighted by atomic mass is 10.0. The van der Waals surface area contributed by atoms with Gasteiger partial charge in [-0.25, -0.2) is 0 Å². The van der Waals surface area contributed by atoms with Crippen molar-refractivity contribution in [2.45, 2.75) is 32.2 Å². The third-order valence-corrected chi connectivity index (χ3v) is 2.72. The fraction of sp³-hybridized carbons (Fsp3) is 1.00. The number of hydrogen-bond donors (Lipinski definition) is 2. The van der Waals surface area contributed by atoms with Crippen molar-refractivity contribution >= 4 is 0 Å². The van der Waals surface area contributed by atoms with Crippen molar-refractivity contribution in [1.29, 1.82) is 0 Å². The van der Waals surface area contributed by atoms with Crippen LogP contribution in [0.3, 0.4) is 0 Å². The molecule has 3 heteroatoms. The first kappa shape index (κ1) is 11.0. The summed E-state index contributed by atoms with van der Waals surface area (Å²) in [5, 5.41) is 12.1. The Kier molecular flexibility index (Phi) is 5.35. The first-order valence-corrected chi connectivity index (χ1v) is 5.26. The average Bonchev–Trinajstić information content (AvgIpc) is 2.65. The quantitative estimate of drug-likeness (QED) is 0.604. The molecule has 0 aromatic heterocycles. The lowest BCUT2D eigenvalue weighted by molar-refractivity contribution is 0.178. The van der Waals surface area contributed by atoms with E-state index in [1.807, 2.05) is 0 Å². The van der Waals surface area contributed by atoms with E-state index >= 15 is 0 Å². The van der Waals surface area contributed by atoms with Gasteiger partial charge in [0.25, 0.3) is 0 Å². The predicted octanol–water partition coefficient (Wildman–Crippen LogP) is 0.773. The van der Waals surface area contributed by atoms with E-state index in [2.05, 4.69) is 12.2 Å². The summed E-state index contributed by atoms with van der Waals surface area (Å²) in [6, 6.07) is 0.557. The van der Waals surface area contributed by atoms with Crippen molar-refractivity contribution in [2.24, 2.45) is 5.92 Å². The van der Waals surface area contributed by atoms with Crippen LogP contribution in [0.5, 0.6) is 0 Å². The molecule has 0 amide bonds. The Bertz CT molecular complexity index is 124. The predicted molar refractivity (Wildman–Crippen MR) is 52.7 cm³/mol. The second-order valence-electron chi connectivity index (χ2n) is 3.80. The number of hydrogen-bond acceptors (Lipinski definition) is 3. The standard InChI is InChI=1S/C10H21NO2/c1-9(10-4-7-13-8-10)11-5-2-3-6-12/h9-12H,2-8H2,1H3. The summed E-state index contributed by atoms with van der Waals surface area (Å²) in [4.78, 5) is 0. The smallest absolute Gasteiger partial charge is 0.0509 e. The third kappa shape index (κ3) is 4.07. The molecular formula is C10H21NO2. The molecule has 0 aromatic rings. The van der Waals surface area contributed by atoms with Crippen LogP contribution in [0.2, 0.25) is 0 Å². The van der Waals surface area contributed by atoms with Crippen LogP contribution < -0.4 is 5.32 Å². The first-order valence-electron chi connectivity index (χ1n) is 5.26. The van der Waals surface area contributed by atoms with Gasteiger partial charge in [0.15, 0.2) is 0 Å². The molecule has 78 valence electrons. The van der Waals surface area contributed by atoms with Crippen LogP contribution in [0.15, 0.2) is 0 Å². The Morgan fingerprint density at radius 2 is 2.38 bits per heavy atom. The van der Waals surface area contributed by atoms with Crippen LogP contribution >= 0.6 is 0 Å². The van der Waals surface area contributed by atoms with Crippen molar-refractivity contribution in [3.63, 3.8) is 0 Å². The number of aliphatic hydroxyl groups is 1. The van der Waals surface area contributed by atoms with Gasteiger partial charge in [0.2, 0.25) is 0 Å². The average molecular weight is 187 g/mol. The molecule has 2 N–H and O–H groups in total. The second kappa shape index (κ2) is 6.35. The van der Waals surface area contributed by atoms with Gasteiger partial charge in [-0.3, -0.25) is 0 Å².